The quantitative estimate of drug-likeness (QED) is 0.287. The summed E-state index contributed by atoms with van der Waals surface area (Å²) in [5.74, 6) is -5.40. The van der Waals surface area contributed by atoms with E-state index in [1.807, 2.05) is 20.8 Å². The second-order valence-electron chi connectivity index (χ2n) is 11.3. The molecule has 4 N–H and O–H groups in total. The number of esters is 4. The predicted molar refractivity (Wildman–Crippen MR) is 112 cm³/mol. The molecule has 13 heteroatoms. The van der Waals surface area contributed by atoms with Gasteiger partial charge in [0.15, 0.2) is 11.7 Å². The topological polar surface area (TPSA) is 181 Å². The summed E-state index contributed by atoms with van der Waals surface area (Å²) in [6, 6.07) is 0. The molecule has 6 unspecified atom stereocenters. The molecule has 6 fully saturated rings. The first kappa shape index (κ1) is 24.7. The zero-order chi connectivity index (χ0) is 24.8. The van der Waals surface area contributed by atoms with Crippen LogP contribution in [-0.4, -0.2) is 82.5 Å². The Bertz CT molecular complexity index is 1060. The largest absolute Gasteiger partial charge is 0.459 e. The summed E-state index contributed by atoms with van der Waals surface area (Å²) in [4.78, 5) is 51.5. The number of aliphatic hydroxyl groups is 2. The average molecular weight is 518 g/mol. The summed E-state index contributed by atoms with van der Waals surface area (Å²) in [6.45, 7) is 6.54. The van der Waals surface area contributed by atoms with Gasteiger partial charge in [0.25, 0.3) is 0 Å². The third-order valence-corrected chi connectivity index (χ3v) is 9.38. The van der Waals surface area contributed by atoms with Crippen molar-refractivity contribution >= 4 is 36.3 Å². The first-order valence-corrected chi connectivity index (χ1v) is 11.4. The number of aliphatic hydroxyl groups excluding tert-OH is 1. The van der Waals surface area contributed by atoms with Gasteiger partial charge in [-0.2, -0.15) is 0 Å². The molecule has 0 aromatic carbocycles. The SMILES string of the molecule is C[C@@H]1C(=O)OC2[C@H](O)C34C5C[C@@H](C(C)(C)C)C36C(OC(=O)[C@@H]6OC(=O)CN)OC4(C(=O)O5)[C@]21O.Cl. The predicted octanol–water partition coefficient (Wildman–Crippen LogP) is -1.44. The van der Waals surface area contributed by atoms with Crippen molar-refractivity contribution in [3.63, 3.8) is 0 Å². The third kappa shape index (κ3) is 2.07. The zero-order valence-corrected chi connectivity index (χ0v) is 20.3. The summed E-state index contributed by atoms with van der Waals surface area (Å²) in [7, 11) is 0. The molecule has 2 aliphatic carbocycles. The Labute approximate surface area is 206 Å². The maximum Gasteiger partial charge on any atom is 0.350 e. The van der Waals surface area contributed by atoms with Crippen molar-refractivity contribution in [1.29, 1.82) is 0 Å². The van der Waals surface area contributed by atoms with E-state index in [0.717, 1.165) is 0 Å². The van der Waals surface area contributed by atoms with Gasteiger partial charge in [-0.25, -0.2) is 9.59 Å². The molecular weight excluding hydrogens is 490 g/mol. The lowest BCUT2D eigenvalue weighted by Crippen LogP contribution is -2.67. The van der Waals surface area contributed by atoms with Gasteiger partial charge >= 0.3 is 23.9 Å². The van der Waals surface area contributed by atoms with Crippen LogP contribution >= 0.6 is 12.4 Å². The van der Waals surface area contributed by atoms with Crippen LogP contribution in [-0.2, 0) is 42.9 Å². The monoisotopic (exact) mass is 517 g/mol. The Hall–Kier alpha value is -1.99. The van der Waals surface area contributed by atoms with Crippen LogP contribution in [0.2, 0.25) is 0 Å². The Balaban J connectivity index is 0.00000253. The second kappa shape index (κ2) is 6.65. The number of hydrogen-bond acceptors (Lipinski definition) is 12. The lowest BCUT2D eigenvalue weighted by Gasteiger charge is -2.48. The van der Waals surface area contributed by atoms with Gasteiger partial charge in [-0.05, 0) is 24.7 Å². The minimum atomic E-state index is -2.31. The van der Waals surface area contributed by atoms with Crippen LogP contribution in [0.5, 0.6) is 0 Å². The molecule has 2 saturated carbocycles. The summed E-state index contributed by atoms with van der Waals surface area (Å²) in [5, 5.41) is 23.9. The highest BCUT2D eigenvalue weighted by atomic mass is 35.5. The molecule has 12 nitrogen and oxygen atoms in total. The van der Waals surface area contributed by atoms with Gasteiger partial charge < -0.3 is 39.6 Å². The van der Waals surface area contributed by atoms with Crippen molar-refractivity contribution in [2.75, 3.05) is 6.54 Å². The van der Waals surface area contributed by atoms with Gasteiger partial charge in [0.2, 0.25) is 18.0 Å². The lowest BCUT2D eigenvalue weighted by molar-refractivity contribution is -0.239. The molecular formula is C22H28ClNO11. The number of carbonyl (C=O) groups is 4. The molecule has 4 saturated heterocycles. The number of ether oxygens (including phenoxy) is 5. The normalized spacial score (nSPS) is 52.7. The standard InChI is InChI=1S/C22H27NO11.ClH/c1-7-14(26)32-12-11(25)20-9-5-8(18(2,3)4)19(20)13(31-10(24)6-23)15(27)33-17(19)34-22(20,16(28)30-9)21(7,12)29;/h7-9,11-13,17,25,29H,5-6,23H2,1-4H3;1H/t7-,8+,9?,11+,12?,13+,17?,19?,20?,21-,22?;/m1./s1. The van der Waals surface area contributed by atoms with Gasteiger partial charge in [-0.1, -0.05) is 20.8 Å². The van der Waals surface area contributed by atoms with E-state index >= 15 is 0 Å². The zero-order valence-electron chi connectivity index (χ0n) is 19.5. The van der Waals surface area contributed by atoms with Gasteiger partial charge in [-0.15, -0.1) is 12.4 Å². The fourth-order valence-corrected chi connectivity index (χ4v) is 8.42. The Kier molecular flexibility index (Phi) is 4.70. The van der Waals surface area contributed by atoms with Crippen molar-refractivity contribution in [2.24, 2.45) is 33.8 Å². The first-order chi connectivity index (χ1) is 15.8. The van der Waals surface area contributed by atoms with E-state index in [-0.39, 0.29) is 18.8 Å². The van der Waals surface area contributed by atoms with Crippen molar-refractivity contribution in [3.8, 4) is 0 Å². The number of nitrogens with two attached hydrogens (primary N) is 1. The van der Waals surface area contributed by atoms with Gasteiger partial charge in [0.05, 0.1) is 23.3 Å². The number of hydrogen-bond donors (Lipinski definition) is 3. The number of fused-ring (bicyclic) bond motifs is 1. The van der Waals surface area contributed by atoms with Crippen LogP contribution in [0.3, 0.4) is 0 Å². The fraction of sp³-hybridized carbons (Fsp3) is 0.818. The summed E-state index contributed by atoms with van der Waals surface area (Å²) in [5.41, 5.74) is -3.18. The second-order valence-corrected chi connectivity index (χ2v) is 11.3. The van der Waals surface area contributed by atoms with Crippen LogP contribution in [0.1, 0.15) is 34.1 Å². The molecule has 6 aliphatic rings. The Morgan fingerprint density at radius 2 is 1.83 bits per heavy atom. The van der Waals surface area contributed by atoms with Crippen LogP contribution < -0.4 is 5.73 Å². The molecule has 0 amide bonds. The molecule has 0 radical (unpaired) electrons. The number of halogens is 1. The maximum atomic E-state index is 13.6. The minimum absolute atomic E-state index is 0. The van der Waals surface area contributed by atoms with E-state index in [2.05, 4.69) is 0 Å². The van der Waals surface area contributed by atoms with Crippen molar-refractivity contribution in [1.82, 2.24) is 0 Å². The minimum Gasteiger partial charge on any atom is -0.459 e. The summed E-state index contributed by atoms with van der Waals surface area (Å²) >= 11 is 0. The maximum absolute atomic E-state index is 13.6. The Morgan fingerprint density at radius 1 is 1.17 bits per heavy atom. The van der Waals surface area contributed by atoms with Gasteiger partial charge in [0.1, 0.15) is 12.2 Å². The highest BCUT2D eigenvalue weighted by Crippen LogP contribution is 2.84. The highest BCUT2D eigenvalue weighted by Gasteiger charge is 3.04. The molecule has 0 aromatic heterocycles. The van der Waals surface area contributed by atoms with Gasteiger partial charge in [0, 0.05) is 0 Å². The number of rotatable bonds is 2. The van der Waals surface area contributed by atoms with E-state index in [4.69, 9.17) is 29.4 Å². The lowest BCUT2D eigenvalue weighted by atomic mass is 9.51. The van der Waals surface area contributed by atoms with Gasteiger partial charge in [-0.3, -0.25) is 9.59 Å². The van der Waals surface area contributed by atoms with Crippen molar-refractivity contribution in [3.05, 3.63) is 0 Å². The molecule has 194 valence electrons. The Morgan fingerprint density at radius 3 is 2.43 bits per heavy atom. The van der Waals surface area contributed by atoms with Crippen LogP contribution in [0.15, 0.2) is 0 Å². The van der Waals surface area contributed by atoms with E-state index in [1.54, 1.807) is 0 Å². The average Bonchev–Trinajstić information content (AvgIpc) is 3.46. The van der Waals surface area contributed by atoms with E-state index in [1.165, 1.54) is 6.92 Å². The molecule has 35 heavy (non-hydrogen) atoms. The number of carbonyl (C=O) groups excluding carboxylic acids is 4. The van der Waals surface area contributed by atoms with Crippen LogP contribution in [0, 0.1) is 28.1 Å². The first-order valence-electron chi connectivity index (χ1n) is 11.4. The molecule has 0 bridgehead atoms. The molecule has 2 spiro atoms. The van der Waals surface area contributed by atoms with E-state index in [0.29, 0.717) is 0 Å². The highest BCUT2D eigenvalue weighted by molar-refractivity contribution is 5.94. The van der Waals surface area contributed by atoms with E-state index in [9.17, 15) is 29.4 Å². The summed E-state index contributed by atoms with van der Waals surface area (Å²) in [6.07, 6.45) is -7.12. The molecule has 0 aromatic rings. The van der Waals surface area contributed by atoms with Crippen molar-refractivity contribution in [2.45, 2.75) is 76.0 Å². The smallest absolute Gasteiger partial charge is 0.350 e. The fourth-order valence-electron chi connectivity index (χ4n) is 8.42. The van der Waals surface area contributed by atoms with Crippen LogP contribution in [0.25, 0.3) is 0 Å². The molecule has 4 heterocycles. The van der Waals surface area contributed by atoms with E-state index < -0.39 is 100 Å². The molecule has 6 rings (SSSR count). The third-order valence-electron chi connectivity index (χ3n) is 9.38. The molecule has 11 atom stereocenters. The van der Waals surface area contributed by atoms with Crippen molar-refractivity contribution < 1.29 is 53.1 Å². The summed E-state index contributed by atoms with van der Waals surface area (Å²) < 4.78 is 28.5. The van der Waals surface area contributed by atoms with Crippen LogP contribution in [0.4, 0.5) is 0 Å². The molecule has 4 aliphatic heterocycles.